The van der Waals surface area contributed by atoms with E-state index in [0.29, 0.717) is 13.0 Å². The van der Waals surface area contributed by atoms with Crippen LogP contribution in [0.2, 0.25) is 0 Å². The van der Waals surface area contributed by atoms with Gasteiger partial charge in [-0.25, -0.2) is 4.98 Å². The Morgan fingerprint density at radius 3 is 2.69 bits per heavy atom. The van der Waals surface area contributed by atoms with Crippen molar-refractivity contribution in [3.63, 3.8) is 0 Å². The molecular formula is C32H41N3O3S. The van der Waals surface area contributed by atoms with Gasteiger partial charge in [-0.05, 0) is 60.8 Å². The Bertz CT molecular complexity index is 1280. The van der Waals surface area contributed by atoms with Crippen LogP contribution in [0.1, 0.15) is 76.1 Å². The van der Waals surface area contributed by atoms with Gasteiger partial charge in [0.2, 0.25) is 5.91 Å². The number of amides is 1. The van der Waals surface area contributed by atoms with E-state index in [4.69, 9.17) is 4.74 Å². The third-order valence-electron chi connectivity index (χ3n) is 7.84. The Balaban J connectivity index is 1.31. The van der Waals surface area contributed by atoms with Gasteiger partial charge in [0.05, 0.1) is 12.1 Å². The zero-order valence-electron chi connectivity index (χ0n) is 23.5. The molecule has 2 aromatic carbocycles. The van der Waals surface area contributed by atoms with Gasteiger partial charge in [0.1, 0.15) is 16.4 Å². The number of carbonyl (C=O) groups excluding carboxylic acids is 1. The molecule has 1 aromatic heterocycles. The summed E-state index contributed by atoms with van der Waals surface area (Å²) in [6.07, 6.45) is 6.80. The molecule has 0 radical (unpaired) electrons. The molecule has 2 heterocycles. The highest BCUT2D eigenvalue weighted by molar-refractivity contribution is 7.13. The van der Waals surface area contributed by atoms with Gasteiger partial charge in [-0.3, -0.25) is 4.79 Å². The Morgan fingerprint density at radius 1 is 1.21 bits per heavy atom. The highest BCUT2D eigenvalue weighted by Gasteiger charge is 2.45. The smallest absolute Gasteiger partial charge is 0.217 e. The number of nitrogens with zero attached hydrogens (tertiary/aromatic N) is 1. The third-order valence-corrected chi connectivity index (χ3v) is 8.66. The summed E-state index contributed by atoms with van der Waals surface area (Å²) in [7, 11) is 0. The first kappa shape index (κ1) is 27.8. The number of rotatable bonds is 9. The molecule has 0 bridgehead atoms. The van der Waals surface area contributed by atoms with E-state index in [1.54, 1.807) is 17.5 Å². The summed E-state index contributed by atoms with van der Waals surface area (Å²) >= 11 is 1.60. The third kappa shape index (κ3) is 6.89. The minimum absolute atomic E-state index is 0.0924. The zero-order valence-corrected chi connectivity index (χ0v) is 24.3. The number of aliphatic hydroxyl groups excluding tert-OH is 1. The number of carbonyl (C=O) groups is 1. The molecule has 0 saturated heterocycles. The SMILES string of the molecule is CC(=O)N[C@@H](Cc1cccc(-c2nccs2)c1)[C@H](O)CN[C@H]1CC2(CCC2)Oc2ccc(CC(C)(C)C)cc21. The van der Waals surface area contributed by atoms with Crippen LogP contribution in [0.4, 0.5) is 0 Å². The molecule has 2 aliphatic rings. The monoisotopic (exact) mass is 547 g/mol. The lowest BCUT2D eigenvalue weighted by Crippen LogP contribution is -2.52. The van der Waals surface area contributed by atoms with E-state index in [1.807, 2.05) is 23.6 Å². The van der Waals surface area contributed by atoms with Crippen LogP contribution in [0.5, 0.6) is 5.75 Å². The average molecular weight is 548 g/mol. The highest BCUT2D eigenvalue weighted by Crippen LogP contribution is 2.49. The summed E-state index contributed by atoms with van der Waals surface area (Å²) in [5, 5.41) is 20.9. The second-order valence-corrected chi connectivity index (χ2v) is 13.4. The maximum absolute atomic E-state index is 12.1. The fourth-order valence-electron chi connectivity index (χ4n) is 5.90. The first-order valence-corrected chi connectivity index (χ1v) is 15.0. The quantitative estimate of drug-likeness (QED) is 0.313. The first-order valence-electron chi connectivity index (χ1n) is 14.1. The molecule has 1 amide bonds. The Hall–Kier alpha value is -2.74. The standard InChI is InChI=1S/C32H41N3O3S/c1-21(36)35-26(17-22-7-5-8-24(15-22)30-33-13-14-39-30)28(37)20-34-27-19-32(11-6-12-32)38-29-10-9-23(16-25(27)29)18-31(2,3)4/h5,7-10,13-16,26-28,34,37H,6,11-12,17-20H2,1-4H3,(H,35,36)/t26-,27-,28+/m0/s1. The normalized spacial score (nSPS) is 19.5. The van der Waals surface area contributed by atoms with E-state index >= 15 is 0 Å². The molecule has 6 nitrogen and oxygen atoms in total. The van der Waals surface area contributed by atoms with Crippen molar-refractivity contribution >= 4 is 17.2 Å². The molecule has 3 aromatic rings. The van der Waals surface area contributed by atoms with Crippen molar-refractivity contribution in [2.45, 2.75) is 90.0 Å². The Morgan fingerprint density at radius 2 is 2.03 bits per heavy atom. The fraction of sp³-hybridized carbons (Fsp3) is 0.500. The molecule has 208 valence electrons. The van der Waals surface area contributed by atoms with Gasteiger partial charge in [-0.1, -0.05) is 51.1 Å². The van der Waals surface area contributed by atoms with E-state index < -0.39 is 12.1 Å². The van der Waals surface area contributed by atoms with Gasteiger partial charge in [0, 0.05) is 48.6 Å². The van der Waals surface area contributed by atoms with Crippen molar-refractivity contribution in [1.82, 2.24) is 15.6 Å². The van der Waals surface area contributed by atoms with Crippen LogP contribution in [-0.2, 0) is 17.6 Å². The van der Waals surface area contributed by atoms with Gasteiger partial charge in [0.15, 0.2) is 0 Å². The van der Waals surface area contributed by atoms with Crippen LogP contribution < -0.4 is 15.4 Å². The maximum atomic E-state index is 12.1. The minimum Gasteiger partial charge on any atom is -0.487 e. The highest BCUT2D eigenvalue weighted by atomic mass is 32.1. The molecule has 1 spiro atoms. The average Bonchev–Trinajstić information content (AvgIpc) is 3.40. The zero-order chi connectivity index (χ0) is 27.6. The molecule has 1 fully saturated rings. The number of aromatic nitrogens is 1. The fourth-order valence-corrected chi connectivity index (χ4v) is 6.54. The van der Waals surface area contributed by atoms with Gasteiger partial charge in [0.25, 0.3) is 0 Å². The molecule has 7 heteroatoms. The molecular weight excluding hydrogens is 506 g/mol. The lowest BCUT2D eigenvalue weighted by atomic mass is 9.72. The lowest BCUT2D eigenvalue weighted by molar-refractivity contribution is -0.120. The predicted molar refractivity (Wildman–Crippen MR) is 157 cm³/mol. The number of hydrogen-bond acceptors (Lipinski definition) is 6. The molecule has 5 rings (SSSR count). The molecule has 3 N–H and O–H groups in total. The molecule has 1 saturated carbocycles. The number of nitrogens with one attached hydrogen (secondary N) is 2. The van der Waals surface area contributed by atoms with Crippen LogP contribution in [-0.4, -0.2) is 40.3 Å². The van der Waals surface area contributed by atoms with E-state index in [1.165, 1.54) is 24.5 Å². The topological polar surface area (TPSA) is 83.5 Å². The first-order chi connectivity index (χ1) is 18.6. The van der Waals surface area contributed by atoms with Gasteiger partial charge in [-0.15, -0.1) is 11.3 Å². The van der Waals surface area contributed by atoms with Gasteiger partial charge < -0.3 is 20.5 Å². The maximum Gasteiger partial charge on any atom is 0.217 e. The molecule has 0 unspecified atom stereocenters. The van der Waals surface area contributed by atoms with E-state index in [2.05, 4.69) is 60.7 Å². The van der Waals surface area contributed by atoms with Gasteiger partial charge >= 0.3 is 0 Å². The second-order valence-electron chi connectivity index (χ2n) is 12.5. The number of benzene rings is 2. The van der Waals surface area contributed by atoms with Crippen molar-refractivity contribution in [1.29, 1.82) is 0 Å². The largest absolute Gasteiger partial charge is 0.487 e. The number of hydrogen-bond donors (Lipinski definition) is 3. The summed E-state index contributed by atoms with van der Waals surface area (Å²) in [6.45, 7) is 8.65. The Kier molecular flexibility index (Phi) is 8.13. The van der Waals surface area contributed by atoms with Crippen molar-refractivity contribution in [3.8, 4) is 16.3 Å². The van der Waals surface area contributed by atoms with Crippen LogP contribution in [0.15, 0.2) is 54.0 Å². The van der Waals surface area contributed by atoms with Crippen molar-refractivity contribution in [3.05, 3.63) is 70.7 Å². The molecule has 1 aliphatic carbocycles. The van der Waals surface area contributed by atoms with E-state index in [-0.39, 0.29) is 23.0 Å². The van der Waals surface area contributed by atoms with Crippen molar-refractivity contribution in [2.75, 3.05) is 6.54 Å². The number of fused-ring (bicyclic) bond motifs is 1. The predicted octanol–water partition coefficient (Wildman–Crippen LogP) is 5.84. The minimum atomic E-state index is -0.751. The van der Waals surface area contributed by atoms with E-state index in [9.17, 15) is 9.90 Å². The summed E-state index contributed by atoms with van der Waals surface area (Å²) in [5.74, 6) is 0.815. The summed E-state index contributed by atoms with van der Waals surface area (Å²) in [6, 6.07) is 14.5. The van der Waals surface area contributed by atoms with Crippen molar-refractivity contribution < 1.29 is 14.6 Å². The summed E-state index contributed by atoms with van der Waals surface area (Å²) in [5.41, 5.74) is 4.67. The number of aliphatic hydroxyl groups is 1. The van der Waals surface area contributed by atoms with Crippen LogP contribution in [0.25, 0.3) is 10.6 Å². The molecule has 1 aliphatic heterocycles. The van der Waals surface area contributed by atoms with E-state index in [0.717, 1.165) is 47.6 Å². The van der Waals surface area contributed by atoms with Crippen LogP contribution in [0, 0.1) is 5.41 Å². The number of thiazole rings is 1. The summed E-state index contributed by atoms with van der Waals surface area (Å²) in [4.78, 5) is 16.5. The number of ether oxygens (including phenoxy) is 1. The molecule has 3 atom stereocenters. The van der Waals surface area contributed by atoms with Gasteiger partial charge in [-0.2, -0.15) is 0 Å². The Labute approximate surface area is 236 Å². The second kappa shape index (κ2) is 11.4. The lowest BCUT2D eigenvalue weighted by Gasteiger charge is -2.48. The van der Waals surface area contributed by atoms with Crippen LogP contribution in [0.3, 0.4) is 0 Å². The summed E-state index contributed by atoms with van der Waals surface area (Å²) < 4.78 is 6.53. The van der Waals surface area contributed by atoms with Crippen molar-refractivity contribution in [2.24, 2.45) is 5.41 Å². The molecule has 39 heavy (non-hydrogen) atoms. The van der Waals surface area contributed by atoms with Crippen LogP contribution >= 0.6 is 11.3 Å².